The minimum absolute atomic E-state index is 0.286. The van der Waals surface area contributed by atoms with Gasteiger partial charge in [0.15, 0.2) is 0 Å². The summed E-state index contributed by atoms with van der Waals surface area (Å²) in [6, 6.07) is 3.06. The molecule has 2 nitrogen and oxygen atoms in total. The van der Waals surface area contributed by atoms with Gasteiger partial charge in [-0.3, -0.25) is 0 Å². The highest BCUT2D eigenvalue weighted by Gasteiger charge is 2.16. The summed E-state index contributed by atoms with van der Waals surface area (Å²) in [5, 5.41) is 1.01. The zero-order chi connectivity index (χ0) is 11.4. The van der Waals surface area contributed by atoms with Gasteiger partial charge in [0.1, 0.15) is 5.75 Å². The van der Waals surface area contributed by atoms with E-state index in [0.717, 1.165) is 5.56 Å². The van der Waals surface area contributed by atoms with Gasteiger partial charge < -0.3 is 9.58 Å². The molecular formula is C11H11Cl2NO. The second-order valence-electron chi connectivity index (χ2n) is 3.04. The molecule has 0 saturated heterocycles. The van der Waals surface area contributed by atoms with Crippen molar-refractivity contribution in [3.8, 4) is 5.75 Å². The number of ether oxygens (including phenoxy) is 1. The Bertz CT molecular complexity index is 398. The lowest BCUT2D eigenvalue weighted by molar-refractivity contribution is 0.340. The third-order valence-electron chi connectivity index (χ3n) is 1.99. The van der Waals surface area contributed by atoms with Crippen LogP contribution < -0.4 is 4.74 Å². The van der Waals surface area contributed by atoms with Crippen molar-refractivity contribution in [3.05, 3.63) is 39.2 Å². The number of hydrogen-bond donors (Lipinski definition) is 0. The molecule has 1 aromatic rings. The van der Waals surface area contributed by atoms with Crippen LogP contribution in [0, 0.1) is 6.57 Å². The summed E-state index contributed by atoms with van der Waals surface area (Å²) in [4.78, 5) is 3.40. The number of nitrogens with zero attached hydrogens (tertiary/aromatic N) is 1. The summed E-state index contributed by atoms with van der Waals surface area (Å²) in [6.45, 7) is 11.1. The predicted octanol–water partition coefficient (Wildman–Crippen LogP) is 4.37. The molecule has 0 saturated carbocycles. The lowest BCUT2D eigenvalue weighted by atomic mass is 10.1. The summed E-state index contributed by atoms with van der Waals surface area (Å²) in [5.74, 6) is 0.560. The fraction of sp³-hybridized carbons (Fsp3) is 0.364. The van der Waals surface area contributed by atoms with Crippen LogP contribution >= 0.6 is 23.2 Å². The van der Waals surface area contributed by atoms with Gasteiger partial charge in [-0.1, -0.05) is 23.2 Å². The van der Waals surface area contributed by atoms with E-state index >= 15 is 0 Å². The molecular weight excluding hydrogens is 233 g/mol. The monoisotopic (exact) mass is 243 g/mol. The molecule has 0 aliphatic carbocycles. The van der Waals surface area contributed by atoms with Crippen molar-refractivity contribution in [2.45, 2.75) is 19.9 Å². The van der Waals surface area contributed by atoms with Crippen LogP contribution in [0.4, 0.5) is 0 Å². The van der Waals surface area contributed by atoms with E-state index in [0.29, 0.717) is 22.4 Å². The van der Waals surface area contributed by atoms with Crippen LogP contribution in [0.1, 0.15) is 25.5 Å². The molecule has 1 atom stereocenters. The first-order valence-electron chi connectivity index (χ1n) is 4.58. The molecule has 80 valence electrons. The fourth-order valence-corrected chi connectivity index (χ4v) is 1.74. The maximum atomic E-state index is 6.94. The Kier molecular flexibility index (Phi) is 4.26. The third kappa shape index (κ3) is 2.77. The Labute approximate surface area is 99.6 Å². The first-order chi connectivity index (χ1) is 7.10. The van der Waals surface area contributed by atoms with Crippen LogP contribution in [0.5, 0.6) is 5.75 Å². The van der Waals surface area contributed by atoms with E-state index in [4.69, 9.17) is 34.5 Å². The Balaban J connectivity index is 3.14. The highest BCUT2D eigenvalue weighted by molar-refractivity contribution is 6.34. The third-order valence-corrected chi connectivity index (χ3v) is 2.62. The summed E-state index contributed by atoms with van der Waals surface area (Å²) >= 11 is 12.0. The van der Waals surface area contributed by atoms with E-state index in [1.807, 2.05) is 6.92 Å². The standard InChI is InChI=1S/C11H11Cl2NO/c1-4-15-11-6-9(12)8(5-10(11)13)7(2)14-3/h5-7H,4H2,1-2H3. The summed E-state index contributed by atoms with van der Waals surface area (Å²) in [7, 11) is 0. The first-order valence-corrected chi connectivity index (χ1v) is 5.34. The van der Waals surface area contributed by atoms with Gasteiger partial charge in [0.2, 0.25) is 6.04 Å². The van der Waals surface area contributed by atoms with Crippen molar-refractivity contribution in [1.29, 1.82) is 0 Å². The highest BCUT2D eigenvalue weighted by Crippen LogP contribution is 2.35. The molecule has 0 amide bonds. The second kappa shape index (κ2) is 5.25. The lowest BCUT2D eigenvalue weighted by Gasteiger charge is -2.09. The fourth-order valence-electron chi connectivity index (χ4n) is 1.20. The maximum absolute atomic E-state index is 6.94. The molecule has 0 aliphatic heterocycles. The van der Waals surface area contributed by atoms with Crippen LogP contribution in [0.3, 0.4) is 0 Å². The average molecular weight is 244 g/mol. The van der Waals surface area contributed by atoms with E-state index in [1.54, 1.807) is 19.1 Å². The molecule has 1 rings (SSSR count). The van der Waals surface area contributed by atoms with Gasteiger partial charge in [-0.05, 0) is 13.0 Å². The summed E-state index contributed by atoms with van der Waals surface area (Å²) in [5.41, 5.74) is 0.736. The Morgan fingerprint density at radius 2 is 2.07 bits per heavy atom. The molecule has 0 heterocycles. The van der Waals surface area contributed by atoms with Crippen LogP contribution in [0.25, 0.3) is 4.85 Å². The smallest absolute Gasteiger partial charge is 0.247 e. The number of benzene rings is 1. The lowest BCUT2D eigenvalue weighted by Crippen LogP contribution is -1.95. The van der Waals surface area contributed by atoms with Crippen molar-refractivity contribution in [1.82, 2.24) is 0 Å². The van der Waals surface area contributed by atoms with Crippen molar-refractivity contribution in [2.24, 2.45) is 0 Å². The molecule has 15 heavy (non-hydrogen) atoms. The van der Waals surface area contributed by atoms with Gasteiger partial charge >= 0.3 is 0 Å². The summed E-state index contributed by atoms with van der Waals surface area (Å²) < 4.78 is 5.29. The molecule has 0 fully saturated rings. The van der Waals surface area contributed by atoms with Crippen LogP contribution in [0.2, 0.25) is 10.0 Å². The Morgan fingerprint density at radius 3 is 2.60 bits per heavy atom. The quantitative estimate of drug-likeness (QED) is 0.719. The molecule has 0 aliphatic rings. The SMILES string of the molecule is [C-]#[N+]C(C)c1cc(Cl)c(OCC)cc1Cl. The highest BCUT2D eigenvalue weighted by atomic mass is 35.5. The van der Waals surface area contributed by atoms with Crippen LogP contribution in [-0.4, -0.2) is 6.61 Å². The average Bonchev–Trinajstić information content (AvgIpc) is 2.22. The van der Waals surface area contributed by atoms with Crippen molar-refractivity contribution in [2.75, 3.05) is 6.61 Å². The number of hydrogen-bond acceptors (Lipinski definition) is 1. The molecule has 0 bridgehead atoms. The molecule has 0 spiro atoms. The van der Waals surface area contributed by atoms with Crippen molar-refractivity contribution >= 4 is 23.2 Å². The van der Waals surface area contributed by atoms with Gasteiger partial charge in [-0.15, -0.1) is 0 Å². The molecule has 0 N–H and O–H groups in total. The van der Waals surface area contributed by atoms with Crippen molar-refractivity contribution in [3.63, 3.8) is 0 Å². The first kappa shape index (κ1) is 12.2. The second-order valence-corrected chi connectivity index (χ2v) is 3.86. The zero-order valence-electron chi connectivity index (χ0n) is 8.55. The van der Waals surface area contributed by atoms with E-state index in [-0.39, 0.29) is 6.04 Å². The molecule has 0 radical (unpaired) electrons. The van der Waals surface area contributed by atoms with Gasteiger partial charge in [-0.25, -0.2) is 6.57 Å². The molecule has 1 aromatic carbocycles. The van der Waals surface area contributed by atoms with E-state index in [1.165, 1.54) is 0 Å². The Hall–Kier alpha value is -0.910. The topological polar surface area (TPSA) is 13.6 Å². The number of halogens is 2. The zero-order valence-corrected chi connectivity index (χ0v) is 10.1. The van der Waals surface area contributed by atoms with E-state index in [2.05, 4.69) is 4.85 Å². The van der Waals surface area contributed by atoms with Gasteiger partial charge in [0, 0.05) is 13.0 Å². The normalized spacial score (nSPS) is 11.9. The molecule has 4 heteroatoms. The van der Waals surface area contributed by atoms with Gasteiger partial charge in [-0.2, -0.15) is 0 Å². The largest absolute Gasteiger partial charge is 0.492 e. The molecule has 0 aromatic heterocycles. The predicted molar refractivity (Wildman–Crippen MR) is 62.6 cm³/mol. The minimum Gasteiger partial charge on any atom is -0.492 e. The summed E-state index contributed by atoms with van der Waals surface area (Å²) in [6.07, 6.45) is 0. The van der Waals surface area contributed by atoms with Crippen LogP contribution in [-0.2, 0) is 0 Å². The minimum atomic E-state index is -0.286. The van der Waals surface area contributed by atoms with Gasteiger partial charge in [0.25, 0.3) is 0 Å². The number of rotatable bonds is 3. The maximum Gasteiger partial charge on any atom is 0.247 e. The van der Waals surface area contributed by atoms with E-state index < -0.39 is 0 Å². The van der Waals surface area contributed by atoms with Crippen molar-refractivity contribution < 1.29 is 4.74 Å². The van der Waals surface area contributed by atoms with Crippen LogP contribution in [0.15, 0.2) is 12.1 Å². The molecule has 1 unspecified atom stereocenters. The van der Waals surface area contributed by atoms with E-state index in [9.17, 15) is 0 Å². The Morgan fingerprint density at radius 1 is 1.40 bits per heavy atom. The van der Waals surface area contributed by atoms with Gasteiger partial charge in [0.05, 0.1) is 22.2 Å².